The maximum absolute atomic E-state index is 12.9. The first kappa shape index (κ1) is 22.9. The number of halogens is 3. The number of guanidine groups is 1. The van der Waals surface area contributed by atoms with Gasteiger partial charge >= 0.3 is 6.18 Å². The van der Waals surface area contributed by atoms with Gasteiger partial charge in [0.25, 0.3) is 0 Å². The second-order valence-corrected chi connectivity index (χ2v) is 7.56. The van der Waals surface area contributed by atoms with Crippen molar-refractivity contribution in [2.45, 2.75) is 26.2 Å². The molecule has 1 aliphatic heterocycles. The molecule has 168 valence electrons. The summed E-state index contributed by atoms with van der Waals surface area (Å²) in [4.78, 5) is 13.7. The van der Waals surface area contributed by atoms with E-state index in [0.717, 1.165) is 49.7 Å². The fraction of sp³-hybridized carbons (Fsp3) is 0.455. The Bertz CT molecular complexity index is 858. The fourth-order valence-corrected chi connectivity index (χ4v) is 3.29. The summed E-state index contributed by atoms with van der Waals surface area (Å²) in [6.45, 7) is 7.23. The number of nitrogens with zero attached hydrogens (tertiary/aromatic N) is 4. The fourth-order valence-electron chi connectivity index (χ4n) is 3.29. The first-order valence-corrected chi connectivity index (χ1v) is 10.4. The van der Waals surface area contributed by atoms with Crippen molar-refractivity contribution < 1.29 is 13.2 Å². The van der Waals surface area contributed by atoms with E-state index < -0.39 is 11.7 Å². The Morgan fingerprint density at radius 2 is 1.84 bits per heavy atom. The van der Waals surface area contributed by atoms with Crippen molar-refractivity contribution in [1.29, 1.82) is 0 Å². The maximum atomic E-state index is 12.9. The number of alkyl halides is 3. The number of pyridine rings is 1. The van der Waals surface area contributed by atoms with Crippen LogP contribution in [0.4, 0.5) is 19.0 Å². The van der Waals surface area contributed by atoms with E-state index in [9.17, 15) is 13.2 Å². The van der Waals surface area contributed by atoms with Gasteiger partial charge in [-0.25, -0.2) is 9.98 Å². The molecular formula is C22H29F3N6. The number of aliphatic imine (C=N–C) groups is 1. The zero-order valence-corrected chi connectivity index (χ0v) is 17.9. The lowest BCUT2D eigenvalue weighted by Crippen LogP contribution is -2.44. The van der Waals surface area contributed by atoms with Crippen LogP contribution in [0.5, 0.6) is 0 Å². The van der Waals surface area contributed by atoms with E-state index in [1.165, 1.54) is 6.07 Å². The molecule has 6 nitrogen and oxygen atoms in total. The number of piperazine rings is 1. The van der Waals surface area contributed by atoms with E-state index in [0.29, 0.717) is 24.6 Å². The molecule has 1 aromatic heterocycles. The number of anilines is 1. The van der Waals surface area contributed by atoms with E-state index in [4.69, 9.17) is 0 Å². The number of rotatable bonds is 6. The van der Waals surface area contributed by atoms with E-state index in [1.54, 1.807) is 6.07 Å². The van der Waals surface area contributed by atoms with E-state index >= 15 is 0 Å². The molecule has 1 fully saturated rings. The number of aromatic nitrogens is 1. The highest BCUT2D eigenvalue weighted by Crippen LogP contribution is 2.29. The van der Waals surface area contributed by atoms with Crippen molar-refractivity contribution >= 4 is 11.8 Å². The van der Waals surface area contributed by atoms with Crippen molar-refractivity contribution in [3.63, 3.8) is 0 Å². The van der Waals surface area contributed by atoms with Crippen LogP contribution in [0.25, 0.3) is 0 Å². The van der Waals surface area contributed by atoms with Crippen LogP contribution in [0.1, 0.15) is 23.6 Å². The van der Waals surface area contributed by atoms with Crippen LogP contribution in [-0.4, -0.2) is 55.6 Å². The average molecular weight is 435 g/mol. The Labute approximate surface area is 181 Å². The molecule has 2 N–H and O–H groups in total. The Morgan fingerprint density at radius 3 is 2.48 bits per heavy atom. The van der Waals surface area contributed by atoms with Gasteiger partial charge in [-0.05, 0) is 43.3 Å². The largest absolute Gasteiger partial charge is 0.416 e. The van der Waals surface area contributed by atoms with E-state index in [2.05, 4.69) is 37.5 Å². The summed E-state index contributed by atoms with van der Waals surface area (Å²) in [5.41, 5.74) is 0.855. The molecule has 0 atom stereocenters. The lowest BCUT2D eigenvalue weighted by atomic mass is 10.1. The molecule has 2 aromatic rings. The van der Waals surface area contributed by atoms with Gasteiger partial charge in [0.05, 0.1) is 12.1 Å². The number of benzene rings is 1. The normalized spacial score (nSPS) is 15.8. The molecular weight excluding hydrogens is 405 g/mol. The van der Waals surface area contributed by atoms with Crippen molar-refractivity contribution in [3.05, 3.63) is 59.3 Å². The molecule has 9 heteroatoms. The molecule has 0 saturated carbocycles. The average Bonchev–Trinajstić information content (AvgIpc) is 2.76. The third-order valence-electron chi connectivity index (χ3n) is 5.11. The second-order valence-electron chi connectivity index (χ2n) is 7.56. The second kappa shape index (κ2) is 10.5. The summed E-state index contributed by atoms with van der Waals surface area (Å²) in [5.74, 6) is 1.51. The molecule has 31 heavy (non-hydrogen) atoms. The molecule has 0 bridgehead atoms. The molecule has 0 spiro atoms. The topological polar surface area (TPSA) is 55.8 Å². The molecule has 0 amide bonds. The highest BCUT2D eigenvalue weighted by Gasteiger charge is 2.30. The molecule has 0 aliphatic carbocycles. The van der Waals surface area contributed by atoms with Gasteiger partial charge in [-0.2, -0.15) is 13.2 Å². The SMILES string of the molecule is CCNC(=NCc1ccc(N2CCN(C)CC2)nc1)NCc1cccc(C(F)(F)F)c1. The minimum Gasteiger partial charge on any atom is -0.357 e. The molecule has 1 aromatic carbocycles. The summed E-state index contributed by atoms with van der Waals surface area (Å²) < 4.78 is 38.7. The minimum atomic E-state index is -4.35. The maximum Gasteiger partial charge on any atom is 0.416 e. The third kappa shape index (κ3) is 6.85. The summed E-state index contributed by atoms with van der Waals surface area (Å²) in [5, 5.41) is 6.21. The van der Waals surface area contributed by atoms with Gasteiger partial charge in [0, 0.05) is 45.5 Å². The first-order valence-electron chi connectivity index (χ1n) is 10.4. The van der Waals surface area contributed by atoms with Crippen LogP contribution < -0.4 is 15.5 Å². The van der Waals surface area contributed by atoms with Gasteiger partial charge < -0.3 is 20.4 Å². The summed E-state index contributed by atoms with van der Waals surface area (Å²) >= 11 is 0. The highest BCUT2D eigenvalue weighted by atomic mass is 19.4. The lowest BCUT2D eigenvalue weighted by molar-refractivity contribution is -0.137. The molecule has 1 aliphatic rings. The Balaban J connectivity index is 1.58. The van der Waals surface area contributed by atoms with Crippen LogP contribution in [-0.2, 0) is 19.3 Å². The Hall–Kier alpha value is -2.81. The highest BCUT2D eigenvalue weighted by molar-refractivity contribution is 5.79. The molecule has 0 radical (unpaired) electrons. The Morgan fingerprint density at radius 1 is 1.06 bits per heavy atom. The zero-order chi connectivity index (χ0) is 22.3. The van der Waals surface area contributed by atoms with Crippen molar-refractivity contribution in [3.8, 4) is 0 Å². The van der Waals surface area contributed by atoms with Gasteiger partial charge in [-0.1, -0.05) is 18.2 Å². The van der Waals surface area contributed by atoms with Crippen LogP contribution in [0.3, 0.4) is 0 Å². The van der Waals surface area contributed by atoms with E-state index in [-0.39, 0.29) is 6.54 Å². The van der Waals surface area contributed by atoms with Crippen molar-refractivity contribution in [2.75, 3.05) is 44.7 Å². The van der Waals surface area contributed by atoms with Crippen LogP contribution in [0.2, 0.25) is 0 Å². The zero-order valence-electron chi connectivity index (χ0n) is 17.9. The van der Waals surface area contributed by atoms with Crippen LogP contribution in [0, 0.1) is 0 Å². The van der Waals surface area contributed by atoms with Crippen LogP contribution >= 0.6 is 0 Å². The van der Waals surface area contributed by atoms with Gasteiger partial charge in [0.2, 0.25) is 0 Å². The number of likely N-dealkylation sites (N-methyl/N-ethyl adjacent to an activating group) is 1. The summed E-state index contributed by atoms with van der Waals surface area (Å²) in [6, 6.07) is 9.32. The molecule has 0 unspecified atom stereocenters. The van der Waals surface area contributed by atoms with Gasteiger partial charge in [0.15, 0.2) is 5.96 Å². The predicted octanol–water partition coefficient (Wildman–Crippen LogP) is 3.11. The quantitative estimate of drug-likeness (QED) is 0.541. The Kier molecular flexibility index (Phi) is 7.73. The van der Waals surface area contributed by atoms with Crippen LogP contribution in [0.15, 0.2) is 47.6 Å². The third-order valence-corrected chi connectivity index (χ3v) is 5.11. The van der Waals surface area contributed by atoms with Crippen molar-refractivity contribution in [1.82, 2.24) is 20.5 Å². The monoisotopic (exact) mass is 434 g/mol. The van der Waals surface area contributed by atoms with Gasteiger partial charge in [0.1, 0.15) is 5.82 Å². The van der Waals surface area contributed by atoms with Gasteiger partial charge in [-0.3, -0.25) is 0 Å². The molecule has 2 heterocycles. The van der Waals surface area contributed by atoms with E-state index in [1.807, 2.05) is 25.3 Å². The smallest absolute Gasteiger partial charge is 0.357 e. The number of hydrogen-bond donors (Lipinski definition) is 2. The summed E-state index contributed by atoms with van der Waals surface area (Å²) in [7, 11) is 2.12. The lowest BCUT2D eigenvalue weighted by Gasteiger charge is -2.33. The van der Waals surface area contributed by atoms with Gasteiger partial charge in [-0.15, -0.1) is 0 Å². The minimum absolute atomic E-state index is 0.246. The standard InChI is InChI=1S/C22H29F3N6/c1-3-26-21(28-14-17-5-4-6-19(13-17)22(23,24)25)29-16-18-7-8-20(27-15-18)31-11-9-30(2)10-12-31/h4-8,13,15H,3,9-12,14,16H2,1-2H3,(H2,26,28,29). The molecule has 3 rings (SSSR count). The predicted molar refractivity (Wildman–Crippen MR) is 117 cm³/mol. The van der Waals surface area contributed by atoms with Crippen molar-refractivity contribution in [2.24, 2.45) is 4.99 Å². The number of hydrogen-bond acceptors (Lipinski definition) is 4. The molecule has 1 saturated heterocycles. The number of nitrogens with one attached hydrogen (secondary N) is 2. The summed E-state index contributed by atoms with van der Waals surface area (Å²) in [6.07, 6.45) is -2.52. The first-order chi connectivity index (χ1) is 14.8.